The topological polar surface area (TPSA) is 52.7 Å². The fourth-order valence-electron chi connectivity index (χ4n) is 3.40. The molecule has 1 fully saturated rings. The summed E-state index contributed by atoms with van der Waals surface area (Å²) in [5.74, 6) is -0.431. The van der Waals surface area contributed by atoms with Crippen molar-refractivity contribution in [3.63, 3.8) is 0 Å². The van der Waals surface area contributed by atoms with Gasteiger partial charge in [-0.25, -0.2) is 9.97 Å². The summed E-state index contributed by atoms with van der Waals surface area (Å²) in [4.78, 5) is 22.0. The van der Waals surface area contributed by atoms with Gasteiger partial charge in [-0.05, 0) is 43.0 Å². The van der Waals surface area contributed by atoms with Crippen molar-refractivity contribution >= 4 is 22.8 Å². The first kappa shape index (κ1) is 19.0. The lowest BCUT2D eigenvalue weighted by atomic mass is 10.0. The Labute approximate surface area is 163 Å². The third-order valence-electron chi connectivity index (χ3n) is 4.80. The Morgan fingerprint density at radius 2 is 1.93 bits per heavy atom. The van der Waals surface area contributed by atoms with Crippen LogP contribution in [0.5, 0.6) is 0 Å². The predicted molar refractivity (Wildman–Crippen MR) is 99.9 cm³/mol. The van der Waals surface area contributed by atoms with Crippen LogP contribution < -0.4 is 5.56 Å². The molecule has 0 bridgehead atoms. The van der Waals surface area contributed by atoms with Crippen LogP contribution in [0.3, 0.4) is 0 Å². The van der Waals surface area contributed by atoms with Crippen LogP contribution in [0.1, 0.15) is 38.1 Å². The molecule has 5 nitrogen and oxygen atoms in total. The van der Waals surface area contributed by atoms with Gasteiger partial charge in [0.1, 0.15) is 5.82 Å². The predicted octanol–water partition coefficient (Wildman–Crippen LogP) is 4.70. The van der Waals surface area contributed by atoms with Crippen molar-refractivity contribution in [3.8, 4) is 5.69 Å². The van der Waals surface area contributed by atoms with Crippen molar-refractivity contribution in [2.75, 3.05) is 0 Å². The van der Waals surface area contributed by atoms with Crippen molar-refractivity contribution in [2.45, 2.75) is 44.8 Å². The molecular formula is C19H18ClF3N4O. The molecule has 0 N–H and O–H groups in total. The first-order chi connectivity index (χ1) is 13.2. The van der Waals surface area contributed by atoms with E-state index in [0.717, 1.165) is 12.8 Å². The van der Waals surface area contributed by atoms with E-state index < -0.39 is 18.5 Å². The van der Waals surface area contributed by atoms with Gasteiger partial charge in [-0.3, -0.25) is 9.36 Å². The zero-order valence-electron chi connectivity index (χ0n) is 15.1. The summed E-state index contributed by atoms with van der Waals surface area (Å²) in [6.07, 6.45) is -1.65. The number of hydrogen-bond donors (Lipinski definition) is 0. The van der Waals surface area contributed by atoms with Crippen LogP contribution in [-0.2, 0) is 6.42 Å². The maximum Gasteiger partial charge on any atom is 0.389 e. The third kappa shape index (κ3) is 3.78. The second kappa shape index (κ2) is 6.92. The Hall–Kier alpha value is -2.35. The molecule has 9 heteroatoms. The lowest BCUT2D eigenvalue weighted by Crippen LogP contribution is -2.26. The fourth-order valence-corrected chi connectivity index (χ4v) is 3.53. The van der Waals surface area contributed by atoms with E-state index in [-0.39, 0.29) is 23.5 Å². The molecular weight excluding hydrogens is 393 g/mol. The van der Waals surface area contributed by atoms with Gasteiger partial charge in [0.15, 0.2) is 11.2 Å². The number of aromatic nitrogens is 4. The number of halogens is 4. The Bertz CT molecular complexity index is 1070. The van der Waals surface area contributed by atoms with Crippen molar-refractivity contribution in [1.29, 1.82) is 0 Å². The number of hydrogen-bond acceptors (Lipinski definition) is 3. The van der Waals surface area contributed by atoms with Gasteiger partial charge in [-0.1, -0.05) is 18.5 Å². The third-order valence-corrected chi connectivity index (χ3v) is 5.05. The monoisotopic (exact) mass is 410 g/mol. The number of nitrogens with zero attached hydrogens (tertiary/aromatic N) is 4. The molecule has 1 aliphatic rings. The van der Waals surface area contributed by atoms with Gasteiger partial charge in [0, 0.05) is 23.9 Å². The van der Waals surface area contributed by atoms with Gasteiger partial charge in [-0.15, -0.1) is 0 Å². The summed E-state index contributed by atoms with van der Waals surface area (Å²) in [5, 5.41) is 0.496. The molecule has 148 valence electrons. The van der Waals surface area contributed by atoms with Gasteiger partial charge in [-0.2, -0.15) is 13.2 Å². The van der Waals surface area contributed by atoms with Crippen LogP contribution in [0, 0.1) is 5.92 Å². The number of rotatable bonds is 5. The molecule has 1 atom stereocenters. The normalized spacial score (nSPS) is 15.9. The van der Waals surface area contributed by atoms with Crippen LogP contribution in [0.25, 0.3) is 16.9 Å². The maximum atomic E-state index is 13.1. The average Bonchev–Trinajstić information content (AvgIpc) is 3.34. The summed E-state index contributed by atoms with van der Waals surface area (Å²) in [7, 11) is 0. The van der Waals surface area contributed by atoms with Crippen molar-refractivity contribution in [2.24, 2.45) is 5.92 Å². The van der Waals surface area contributed by atoms with Gasteiger partial charge in [0.2, 0.25) is 0 Å². The molecule has 0 amide bonds. The maximum absolute atomic E-state index is 13.1. The minimum absolute atomic E-state index is 0.0170. The lowest BCUT2D eigenvalue weighted by molar-refractivity contribution is -0.143. The highest BCUT2D eigenvalue weighted by molar-refractivity contribution is 6.30. The van der Waals surface area contributed by atoms with Crippen LogP contribution in [0.2, 0.25) is 5.02 Å². The number of imidazole rings is 1. The van der Waals surface area contributed by atoms with E-state index in [1.54, 1.807) is 30.6 Å². The molecule has 0 saturated heterocycles. The van der Waals surface area contributed by atoms with Crippen molar-refractivity contribution in [1.82, 2.24) is 19.1 Å². The summed E-state index contributed by atoms with van der Waals surface area (Å²) >= 11 is 5.93. The van der Waals surface area contributed by atoms with Crippen LogP contribution in [-0.4, -0.2) is 25.3 Å². The molecule has 1 unspecified atom stereocenters. The van der Waals surface area contributed by atoms with E-state index in [2.05, 4.69) is 9.97 Å². The second-order valence-corrected chi connectivity index (χ2v) is 7.77. The number of fused-ring (bicyclic) bond motifs is 1. The Morgan fingerprint density at radius 3 is 2.54 bits per heavy atom. The Morgan fingerprint density at radius 1 is 1.25 bits per heavy atom. The van der Waals surface area contributed by atoms with E-state index in [1.807, 2.05) is 4.57 Å². The highest BCUT2D eigenvalue weighted by Gasteiger charge is 2.31. The fraction of sp³-hybridized carbons (Fsp3) is 0.421. The Kier molecular flexibility index (Phi) is 4.69. The average molecular weight is 411 g/mol. The molecule has 0 aliphatic heterocycles. The molecule has 4 rings (SSSR count). The molecule has 1 saturated carbocycles. The molecule has 0 radical (unpaired) electrons. The molecule has 28 heavy (non-hydrogen) atoms. The first-order valence-electron chi connectivity index (χ1n) is 9.04. The smallest absolute Gasteiger partial charge is 0.312 e. The van der Waals surface area contributed by atoms with Crippen LogP contribution >= 0.6 is 11.6 Å². The molecule has 3 aromatic rings. The molecule has 2 heterocycles. The first-order valence-corrected chi connectivity index (χ1v) is 9.42. The number of alkyl halides is 3. The highest BCUT2D eigenvalue weighted by atomic mass is 35.5. The quantitative estimate of drug-likeness (QED) is 0.612. The molecule has 0 spiro atoms. The highest BCUT2D eigenvalue weighted by Crippen LogP contribution is 2.36. The molecule has 1 aromatic carbocycles. The SMILES string of the molecule is CC(Cc1nc2c(ncn2C2CC2)c(=O)n1-c1ccc(Cl)cc1)CC(F)(F)F. The van der Waals surface area contributed by atoms with Crippen molar-refractivity contribution < 1.29 is 13.2 Å². The largest absolute Gasteiger partial charge is 0.389 e. The summed E-state index contributed by atoms with van der Waals surface area (Å²) in [6, 6.07) is 6.79. The zero-order valence-corrected chi connectivity index (χ0v) is 15.8. The minimum Gasteiger partial charge on any atom is -0.312 e. The van der Waals surface area contributed by atoms with E-state index in [0.29, 0.717) is 22.2 Å². The van der Waals surface area contributed by atoms with Crippen LogP contribution in [0.15, 0.2) is 35.4 Å². The number of benzene rings is 1. The molecule has 1 aliphatic carbocycles. The summed E-state index contributed by atoms with van der Waals surface area (Å²) in [6.45, 7) is 1.51. The van der Waals surface area contributed by atoms with Gasteiger partial charge in [0.25, 0.3) is 5.56 Å². The summed E-state index contributed by atoms with van der Waals surface area (Å²) in [5.41, 5.74) is 0.765. The van der Waals surface area contributed by atoms with E-state index in [1.165, 1.54) is 11.5 Å². The standard InChI is InChI=1S/C19H18ClF3N4O/c1-11(9-19(21,22)23)8-15-25-17-16(24-10-26(17)13-6-7-13)18(28)27(15)14-4-2-12(20)3-5-14/h2-5,10-11,13H,6-9H2,1H3. The van der Waals surface area contributed by atoms with Crippen molar-refractivity contribution in [3.05, 3.63) is 51.8 Å². The van der Waals surface area contributed by atoms with E-state index >= 15 is 0 Å². The minimum atomic E-state index is -4.27. The summed E-state index contributed by atoms with van der Waals surface area (Å²) < 4.78 is 41.7. The van der Waals surface area contributed by atoms with Gasteiger partial charge in [0.05, 0.1) is 12.0 Å². The lowest BCUT2D eigenvalue weighted by Gasteiger charge is -2.17. The van der Waals surface area contributed by atoms with Gasteiger partial charge < -0.3 is 4.57 Å². The Balaban J connectivity index is 1.85. The second-order valence-electron chi connectivity index (χ2n) is 7.33. The van der Waals surface area contributed by atoms with E-state index in [9.17, 15) is 18.0 Å². The van der Waals surface area contributed by atoms with Crippen LogP contribution in [0.4, 0.5) is 13.2 Å². The van der Waals surface area contributed by atoms with E-state index in [4.69, 9.17) is 11.6 Å². The zero-order chi connectivity index (χ0) is 20.1. The van der Waals surface area contributed by atoms with Gasteiger partial charge >= 0.3 is 6.18 Å². The molecule has 2 aromatic heterocycles.